The van der Waals surface area contributed by atoms with Crippen LogP contribution < -0.4 is 9.46 Å². The van der Waals surface area contributed by atoms with Crippen molar-refractivity contribution < 1.29 is 17.7 Å². The monoisotopic (exact) mass is 502 g/mol. The Morgan fingerprint density at radius 1 is 0.861 bits per heavy atom. The maximum atomic E-state index is 13.7. The fourth-order valence-corrected chi connectivity index (χ4v) is 4.79. The van der Waals surface area contributed by atoms with Crippen molar-refractivity contribution in [2.75, 3.05) is 11.8 Å². The van der Waals surface area contributed by atoms with E-state index < -0.39 is 22.6 Å². The van der Waals surface area contributed by atoms with Gasteiger partial charge < -0.3 is 4.74 Å². The lowest BCUT2D eigenvalue weighted by atomic mass is 9.99. The topological polar surface area (TPSA) is 77.0 Å². The zero-order valence-corrected chi connectivity index (χ0v) is 20.1. The summed E-state index contributed by atoms with van der Waals surface area (Å²) in [6.07, 6.45) is 3.27. The van der Waals surface area contributed by atoms with Crippen molar-refractivity contribution in [1.29, 1.82) is 0 Å². The van der Waals surface area contributed by atoms with Crippen molar-refractivity contribution in [3.05, 3.63) is 96.6 Å². The number of nitrogens with one attached hydrogen (secondary N) is 1. The highest BCUT2D eigenvalue weighted by Crippen LogP contribution is 2.37. The van der Waals surface area contributed by atoms with E-state index in [1.807, 2.05) is 24.3 Å². The molecule has 5 aromatic rings. The Hall–Kier alpha value is -4.24. The number of hydrogen-bond donors (Lipinski definition) is 1. The summed E-state index contributed by atoms with van der Waals surface area (Å²) in [6, 6.07) is 17.6. The average molecular weight is 503 g/mol. The molecular weight excluding hydrogens is 482 g/mol. The van der Waals surface area contributed by atoms with E-state index in [4.69, 9.17) is 4.74 Å². The molecule has 1 unspecified atom stereocenters. The minimum absolute atomic E-state index is 0.404. The number of benzene rings is 3. The highest BCUT2D eigenvalue weighted by atomic mass is 32.2. The number of methoxy groups -OCH3 is 1. The zero-order valence-electron chi connectivity index (χ0n) is 19.3. The van der Waals surface area contributed by atoms with Gasteiger partial charge in [-0.05, 0) is 72.0 Å². The van der Waals surface area contributed by atoms with Crippen LogP contribution in [-0.4, -0.2) is 26.3 Å². The predicted octanol–water partition coefficient (Wildman–Crippen LogP) is 6.09. The zero-order chi connectivity index (χ0) is 25.2. The number of halogens is 2. The molecule has 0 amide bonds. The van der Waals surface area contributed by atoms with Gasteiger partial charge in [0, 0.05) is 29.4 Å². The summed E-state index contributed by atoms with van der Waals surface area (Å²) in [6.45, 7) is 1.76. The van der Waals surface area contributed by atoms with Gasteiger partial charge in [-0.1, -0.05) is 12.1 Å². The first-order valence-corrected chi connectivity index (χ1v) is 12.1. The van der Waals surface area contributed by atoms with Gasteiger partial charge in [-0.3, -0.25) is 9.71 Å². The van der Waals surface area contributed by atoms with Crippen LogP contribution in [0.5, 0.6) is 5.75 Å². The largest absolute Gasteiger partial charge is 0.496 e. The Labute approximate surface area is 208 Å². The van der Waals surface area contributed by atoms with Crippen molar-refractivity contribution in [2.45, 2.75) is 11.8 Å². The van der Waals surface area contributed by atoms with Crippen molar-refractivity contribution >= 4 is 27.6 Å². The highest BCUT2D eigenvalue weighted by Gasteiger charge is 2.15. The van der Waals surface area contributed by atoms with E-state index in [1.165, 1.54) is 19.2 Å². The molecule has 3 aromatic carbocycles. The minimum Gasteiger partial charge on any atom is -0.496 e. The van der Waals surface area contributed by atoms with E-state index in [9.17, 15) is 13.0 Å². The SMILES string of the molecule is COc1cc(-c2cc(F)cc(F)c2)ccc1-c1nccc2cc(S(=O)Nc3ccnc(C)n3)ccc12. The third kappa shape index (κ3) is 4.78. The molecule has 1 N–H and O–H groups in total. The fraction of sp³-hybridized carbons (Fsp3) is 0.0741. The molecule has 2 aromatic heterocycles. The normalized spacial score (nSPS) is 11.9. The molecule has 0 aliphatic carbocycles. The number of pyridine rings is 1. The Balaban J connectivity index is 1.51. The molecule has 0 aliphatic rings. The molecule has 0 aliphatic heterocycles. The lowest BCUT2D eigenvalue weighted by Crippen LogP contribution is -2.07. The number of aryl methyl sites for hydroxylation is 1. The predicted molar refractivity (Wildman–Crippen MR) is 136 cm³/mol. The number of fused-ring (bicyclic) bond motifs is 1. The lowest BCUT2D eigenvalue weighted by molar-refractivity contribution is 0.416. The van der Waals surface area contributed by atoms with Gasteiger partial charge in [0.05, 0.1) is 17.7 Å². The lowest BCUT2D eigenvalue weighted by Gasteiger charge is -2.13. The minimum atomic E-state index is -1.53. The number of aromatic nitrogens is 3. The van der Waals surface area contributed by atoms with Gasteiger partial charge in [-0.25, -0.2) is 23.0 Å². The average Bonchev–Trinajstić information content (AvgIpc) is 2.87. The smallest absolute Gasteiger partial charge is 0.151 e. The molecular formula is C27H20F2N4O2S. The van der Waals surface area contributed by atoms with Crippen LogP contribution in [0.1, 0.15) is 5.82 Å². The van der Waals surface area contributed by atoms with Crippen LogP contribution >= 0.6 is 0 Å². The van der Waals surface area contributed by atoms with Gasteiger partial charge in [0.25, 0.3) is 0 Å². The third-order valence-electron chi connectivity index (χ3n) is 5.58. The van der Waals surface area contributed by atoms with Crippen molar-refractivity contribution in [3.8, 4) is 28.1 Å². The standard InChI is InChI=1S/C27H20F2N4O2S/c1-16-30-10-8-26(32-16)33-36(34)22-4-6-23-18(13-22)7-9-31-27(23)24-5-3-17(14-25(24)35-2)19-11-20(28)15-21(29)12-19/h3-15H,1-2H3,(H,30,32,33). The number of nitrogens with zero attached hydrogens (tertiary/aromatic N) is 3. The summed E-state index contributed by atoms with van der Waals surface area (Å²) in [5.74, 6) is 0.251. The van der Waals surface area contributed by atoms with E-state index in [0.29, 0.717) is 44.7 Å². The molecule has 0 fully saturated rings. The third-order valence-corrected chi connectivity index (χ3v) is 6.65. The van der Waals surface area contributed by atoms with Crippen LogP contribution in [0.2, 0.25) is 0 Å². The molecule has 0 saturated heterocycles. The van der Waals surface area contributed by atoms with Crippen LogP contribution in [0.3, 0.4) is 0 Å². The Morgan fingerprint density at radius 2 is 1.64 bits per heavy atom. The molecule has 0 spiro atoms. The van der Waals surface area contributed by atoms with Gasteiger partial charge in [-0.15, -0.1) is 0 Å². The van der Waals surface area contributed by atoms with E-state index in [-0.39, 0.29) is 0 Å². The maximum absolute atomic E-state index is 13.7. The number of hydrogen-bond acceptors (Lipinski definition) is 5. The van der Waals surface area contributed by atoms with Crippen LogP contribution in [0.15, 0.2) is 84.0 Å². The molecule has 2 heterocycles. The van der Waals surface area contributed by atoms with Crippen LogP contribution in [0.4, 0.5) is 14.6 Å². The summed E-state index contributed by atoms with van der Waals surface area (Å²) in [5.41, 5.74) is 2.39. The van der Waals surface area contributed by atoms with E-state index in [0.717, 1.165) is 16.8 Å². The number of ether oxygens (including phenoxy) is 1. The van der Waals surface area contributed by atoms with Crippen molar-refractivity contribution in [2.24, 2.45) is 0 Å². The molecule has 0 bridgehead atoms. The van der Waals surface area contributed by atoms with E-state index in [1.54, 1.807) is 43.6 Å². The second-order valence-electron chi connectivity index (χ2n) is 7.98. The quantitative estimate of drug-likeness (QED) is 0.304. The summed E-state index contributed by atoms with van der Waals surface area (Å²) in [5, 5.41) is 1.67. The Bertz CT molecular complexity index is 1610. The second kappa shape index (κ2) is 9.79. The molecule has 6 nitrogen and oxygen atoms in total. The van der Waals surface area contributed by atoms with Crippen LogP contribution in [-0.2, 0) is 11.0 Å². The second-order valence-corrected chi connectivity index (χ2v) is 9.19. The van der Waals surface area contributed by atoms with Gasteiger partial charge in [0.1, 0.15) is 29.0 Å². The van der Waals surface area contributed by atoms with Gasteiger partial charge in [-0.2, -0.15) is 0 Å². The molecule has 1 atom stereocenters. The molecule has 0 saturated carbocycles. The first kappa shape index (κ1) is 23.5. The number of rotatable bonds is 6. The van der Waals surface area contributed by atoms with Gasteiger partial charge >= 0.3 is 0 Å². The first-order valence-electron chi connectivity index (χ1n) is 10.9. The van der Waals surface area contributed by atoms with Crippen LogP contribution in [0, 0.1) is 18.6 Å². The van der Waals surface area contributed by atoms with Crippen LogP contribution in [0.25, 0.3) is 33.2 Å². The first-order chi connectivity index (χ1) is 17.4. The summed E-state index contributed by atoms with van der Waals surface area (Å²) in [4.78, 5) is 13.4. The van der Waals surface area contributed by atoms with E-state index in [2.05, 4.69) is 19.7 Å². The maximum Gasteiger partial charge on any atom is 0.151 e. The number of anilines is 1. The molecule has 0 radical (unpaired) electrons. The molecule has 36 heavy (non-hydrogen) atoms. The molecule has 9 heteroatoms. The van der Waals surface area contributed by atoms with Crippen molar-refractivity contribution in [1.82, 2.24) is 15.0 Å². The molecule has 5 rings (SSSR count). The van der Waals surface area contributed by atoms with Gasteiger partial charge in [0.15, 0.2) is 11.0 Å². The van der Waals surface area contributed by atoms with Crippen molar-refractivity contribution in [3.63, 3.8) is 0 Å². The summed E-state index contributed by atoms with van der Waals surface area (Å²) >= 11 is 0. The van der Waals surface area contributed by atoms with E-state index >= 15 is 0 Å². The Kier molecular flexibility index (Phi) is 6.39. The molecule has 180 valence electrons. The fourth-order valence-electron chi connectivity index (χ4n) is 3.94. The summed E-state index contributed by atoms with van der Waals surface area (Å²) in [7, 11) is -0.00125. The summed E-state index contributed by atoms with van der Waals surface area (Å²) < 4.78 is 48.9. The highest BCUT2D eigenvalue weighted by molar-refractivity contribution is 7.86. The van der Waals surface area contributed by atoms with Gasteiger partial charge in [0.2, 0.25) is 0 Å². The Morgan fingerprint density at radius 3 is 2.39 bits per heavy atom.